The summed E-state index contributed by atoms with van der Waals surface area (Å²) in [5.74, 6) is -1.53. The smallest absolute Gasteiger partial charge is 0.377 e. The normalized spacial score (nSPS) is 17.7. The van der Waals surface area contributed by atoms with Gasteiger partial charge in [0.05, 0.1) is 6.10 Å². The van der Waals surface area contributed by atoms with Crippen molar-refractivity contribution in [1.82, 2.24) is 10.2 Å². The van der Waals surface area contributed by atoms with Gasteiger partial charge in [0.2, 0.25) is 0 Å². The third-order valence-corrected chi connectivity index (χ3v) is 6.18. The fourth-order valence-corrected chi connectivity index (χ4v) is 4.37. The van der Waals surface area contributed by atoms with E-state index in [0.29, 0.717) is 12.8 Å². The van der Waals surface area contributed by atoms with Crippen LogP contribution in [-0.2, 0) is 11.3 Å². The van der Waals surface area contributed by atoms with Crippen LogP contribution in [0.2, 0.25) is 5.02 Å². The molecule has 3 rings (SSSR count). The SMILES string of the molecule is O=C(NC(N(Cc1cccs1)C[C@H]1CCCO1)(C(F)(F)F)C(F)(F)F)c1ccc(Cl)cc1. The van der Waals surface area contributed by atoms with Crippen LogP contribution in [0, 0.1) is 0 Å². The van der Waals surface area contributed by atoms with Crippen LogP contribution in [-0.4, -0.2) is 48.1 Å². The number of hydrogen-bond donors (Lipinski definition) is 1. The number of nitrogens with zero attached hydrogens (tertiary/aromatic N) is 1. The van der Waals surface area contributed by atoms with Gasteiger partial charge in [-0.2, -0.15) is 26.3 Å². The summed E-state index contributed by atoms with van der Waals surface area (Å²) in [5, 5.41) is 3.00. The van der Waals surface area contributed by atoms with Crippen molar-refractivity contribution >= 4 is 28.8 Å². The molecule has 0 saturated carbocycles. The molecule has 2 heterocycles. The number of alkyl halides is 6. The quantitative estimate of drug-likeness (QED) is 0.395. The lowest BCUT2D eigenvalue weighted by Gasteiger charge is -2.46. The average Bonchev–Trinajstić information content (AvgIpc) is 3.38. The van der Waals surface area contributed by atoms with Crippen molar-refractivity contribution in [3.63, 3.8) is 0 Å². The Hall–Kier alpha value is -1.82. The minimum atomic E-state index is -5.89. The highest BCUT2D eigenvalue weighted by Crippen LogP contribution is 2.47. The number of carbonyl (C=O) groups is 1. The van der Waals surface area contributed by atoms with E-state index in [9.17, 15) is 31.1 Å². The van der Waals surface area contributed by atoms with Gasteiger partial charge in [-0.3, -0.25) is 9.69 Å². The third-order valence-electron chi connectivity index (χ3n) is 5.07. The summed E-state index contributed by atoms with van der Waals surface area (Å²) in [6.07, 6.45) is -11.8. The number of rotatable bonds is 7. The highest BCUT2D eigenvalue weighted by atomic mass is 35.5. The third kappa shape index (κ3) is 5.22. The molecule has 1 aromatic heterocycles. The summed E-state index contributed by atoms with van der Waals surface area (Å²) in [4.78, 5) is 13.1. The van der Waals surface area contributed by atoms with Crippen molar-refractivity contribution in [1.29, 1.82) is 0 Å². The fraction of sp³-hybridized carbons (Fsp3) is 0.450. The summed E-state index contributed by atoms with van der Waals surface area (Å²) in [5.41, 5.74) is -5.02. The lowest BCUT2D eigenvalue weighted by Crippen LogP contribution is -2.76. The first-order valence-corrected chi connectivity index (χ1v) is 10.8. The summed E-state index contributed by atoms with van der Waals surface area (Å²) < 4.78 is 91.3. The van der Waals surface area contributed by atoms with Crippen molar-refractivity contribution in [2.45, 2.75) is 43.5 Å². The van der Waals surface area contributed by atoms with Crippen molar-refractivity contribution in [2.24, 2.45) is 0 Å². The van der Waals surface area contributed by atoms with Gasteiger partial charge in [-0.05, 0) is 48.6 Å². The molecule has 1 N–H and O–H groups in total. The van der Waals surface area contributed by atoms with E-state index < -0.39 is 43.1 Å². The summed E-state index contributed by atoms with van der Waals surface area (Å²) in [6.45, 7) is -1.10. The van der Waals surface area contributed by atoms with Crippen LogP contribution in [0.3, 0.4) is 0 Å². The maximum Gasteiger partial charge on any atom is 0.434 e. The highest BCUT2D eigenvalue weighted by Gasteiger charge is 2.75. The topological polar surface area (TPSA) is 41.6 Å². The molecule has 1 amide bonds. The van der Waals surface area contributed by atoms with Gasteiger partial charge >= 0.3 is 12.4 Å². The van der Waals surface area contributed by atoms with Crippen LogP contribution in [0.1, 0.15) is 28.1 Å². The predicted octanol–water partition coefficient (Wildman–Crippen LogP) is 5.63. The molecule has 0 unspecified atom stereocenters. The zero-order chi connectivity index (χ0) is 23.6. The molecule has 4 nitrogen and oxygen atoms in total. The van der Waals surface area contributed by atoms with Gasteiger partial charge in [0.25, 0.3) is 11.6 Å². The Morgan fingerprint density at radius 2 is 1.78 bits per heavy atom. The fourth-order valence-electron chi connectivity index (χ4n) is 3.52. The van der Waals surface area contributed by atoms with Crippen LogP contribution in [0.4, 0.5) is 26.3 Å². The molecule has 32 heavy (non-hydrogen) atoms. The second-order valence-corrected chi connectivity index (χ2v) is 8.73. The van der Waals surface area contributed by atoms with E-state index >= 15 is 0 Å². The average molecular weight is 501 g/mol. The van der Waals surface area contributed by atoms with Gasteiger partial charge in [-0.15, -0.1) is 11.3 Å². The Morgan fingerprint density at radius 3 is 2.28 bits per heavy atom. The first kappa shape index (κ1) is 24.8. The minimum Gasteiger partial charge on any atom is -0.377 e. The molecule has 0 spiro atoms. The molecular weight excluding hydrogens is 482 g/mol. The number of halogens is 7. The largest absolute Gasteiger partial charge is 0.434 e. The van der Waals surface area contributed by atoms with Crippen LogP contribution in [0.5, 0.6) is 0 Å². The molecule has 0 aliphatic carbocycles. The molecule has 12 heteroatoms. The first-order chi connectivity index (χ1) is 14.9. The summed E-state index contributed by atoms with van der Waals surface area (Å²) in [7, 11) is 0. The van der Waals surface area contributed by atoms with Crippen LogP contribution in [0.25, 0.3) is 0 Å². The second kappa shape index (κ2) is 9.58. The molecule has 0 radical (unpaired) electrons. The predicted molar refractivity (Wildman–Crippen MR) is 107 cm³/mol. The molecule has 1 fully saturated rings. The number of benzene rings is 1. The zero-order valence-corrected chi connectivity index (χ0v) is 18.0. The maximum atomic E-state index is 14.3. The van der Waals surface area contributed by atoms with E-state index in [0.717, 1.165) is 23.5 Å². The van der Waals surface area contributed by atoms with Crippen molar-refractivity contribution in [2.75, 3.05) is 13.2 Å². The van der Waals surface area contributed by atoms with Gasteiger partial charge in [-0.25, -0.2) is 0 Å². The molecule has 1 aliphatic rings. The van der Waals surface area contributed by atoms with Gasteiger partial charge < -0.3 is 10.1 Å². The molecule has 1 atom stereocenters. The molecule has 1 aliphatic heterocycles. The Labute approximate surface area is 189 Å². The van der Waals surface area contributed by atoms with E-state index in [1.165, 1.54) is 29.6 Å². The highest BCUT2D eigenvalue weighted by molar-refractivity contribution is 7.09. The van der Waals surface area contributed by atoms with E-state index in [1.807, 2.05) is 0 Å². The number of amides is 1. The Kier molecular flexibility index (Phi) is 7.43. The Bertz CT molecular complexity index is 882. The summed E-state index contributed by atoms with van der Waals surface area (Å²) >= 11 is 6.73. The first-order valence-electron chi connectivity index (χ1n) is 9.54. The van der Waals surface area contributed by atoms with E-state index in [-0.39, 0.29) is 27.0 Å². The van der Waals surface area contributed by atoms with Crippen molar-refractivity contribution in [3.05, 3.63) is 57.2 Å². The number of ether oxygens (including phenoxy) is 1. The molecule has 1 aromatic carbocycles. The number of hydrogen-bond acceptors (Lipinski definition) is 4. The van der Waals surface area contributed by atoms with Crippen molar-refractivity contribution in [3.8, 4) is 0 Å². The van der Waals surface area contributed by atoms with Gasteiger partial charge in [0, 0.05) is 35.2 Å². The van der Waals surface area contributed by atoms with Crippen LogP contribution in [0.15, 0.2) is 41.8 Å². The molecule has 176 valence electrons. The molecule has 0 bridgehead atoms. The van der Waals surface area contributed by atoms with Crippen molar-refractivity contribution < 1.29 is 35.9 Å². The standard InChI is InChI=1S/C20H19ClF6N2O2S/c21-14-7-5-13(6-8-14)17(30)28-18(19(22,23)24,20(25,26)27)29(11-15-3-1-9-31-15)12-16-4-2-10-32-16/h2,4-8,10,15H,1,3,9,11-12H2,(H,28,30)/t15-/m1/s1. The monoisotopic (exact) mass is 500 g/mol. The molecule has 2 aromatic rings. The number of carbonyl (C=O) groups excluding carboxylic acids is 1. The molecule has 1 saturated heterocycles. The van der Waals surface area contributed by atoms with Gasteiger partial charge in [0.15, 0.2) is 0 Å². The number of nitrogens with one attached hydrogen (secondary N) is 1. The lowest BCUT2D eigenvalue weighted by molar-refractivity contribution is -0.351. The van der Waals surface area contributed by atoms with E-state index in [2.05, 4.69) is 0 Å². The van der Waals surface area contributed by atoms with Crippen LogP contribution < -0.4 is 5.32 Å². The van der Waals surface area contributed by atoms with Gasteiger partial charge in [0.1, 0.15) is 0 Å². The number of thiophene rings is 1. The second-order valence-electron chi connectivity index (χ2n) is 7.26. The van der Waals surface area contributed by atoms with E-state index in [4.69, 9.17) is 16.3 Å². The van der Waals surface area contributed by atoms with E-state index in [1.54, 1.807) is 5.38 Å². The zero-order valence-electron chi connectivity index (χ0n) is 16.5. The Balaban J connectivity index is 2.07. The van der Waals surface area contributed by atoms with Gasteiger partial charge in [-0.1, -0.05) is 17.7 Å². The molecular formula is C20H19ClF6N2O2S. The maximum absolute atomic E-state index is 14.3. The Morgan fingerprint density at radius 1 is 1.12 bits per heavy atom. The minimum absolute atomic E-state index is 0.178. The van der Waals surface area contributed by atoms with Crippen LogP contribution >= 0.6 is 22.9 Å². The summed E-state index contributed by atoms with van der Waals surface area (Å²) in [6, 6.07) is 7.48. The lowest BCUT2D eigenvalue weighted by atomic mass is 10.0.